The van der Waals surface area contributed by atoms with Gasteiger partial charge in [-0.15, -0.1) is 0 Å². The quantitative estimate of drug-likeness (QED) is 0.572. The zero-order valence-electron chi connectivity index (χ0n) is 14.5. The lowest BCUT2D eigenvalue weighted by Gasteiger charge is -2.15. The number of aliphatic hydroxyl groups is 1. The maximum Gasteiger partial charge on any atom is 0.139 e. The minimum Gasteiger partial charge on any atom is -0.489 e. The van der Waals surface area contributed by atoms with E-state index in [0.717, 1.165) is 13.1 Å². The molecule has 3 N–H and O–H groups in total. The Morgan fingerprint density at radius 1 is 1.08 bits per heavy atom. The summed E-state index contributed by atoms with van der Waals surface area (Å²) in [7, 11) is 0. The Labute approximate surface area is 159 Å². The van der Waals surface area contributed by atoms with Crippen molar-refractivity contribution in [3.05, 3.63) is 57.6 Å². The minimum atomic E-state index is -0.629. The van der Waals surface area contributed by atoms with Gasteiger partial charge >= 0.3 is 0 Å². The molecule has 136 valence electrons. The van der Waals surface area contributed by atoms with Crippen molar-refractivity contribution in [2.45, 2.75) is 20.0 Å². The maximum atomic E-state index is 9.99. The molecule has 25 heavy (non-hydrogen) atoms. The third-order valence-electron chi connectivity index (χ3n) is 3.79. The SMILES string of the molecule is Cc1cccc(C)c1NCCNCC(O)COc1cc(Cl)ccc1Cl. The second-order valence-electron chi connectivity index (χ2n) is 5.94. The van der Waals surface area contributed by atoms with E-state index < -0.39 is 6.10 Å². The molecule has 2 aromatic rings. The van der Waals surface area contributed by atoms with Crippen LogP contribution in [0.5, 0.6) is 5.75 Å². The van der Waals surface area contributed by atoms with E-state index in [0.29, 0.717) is 22.3 Å². The van der Waals surface area contributed by atoms with Gasteiger partial charge in [-0.1, -0.05) is 41.4 Å². The lowest BCUT2D eigenvalue weighted by Crippen LogP contribution is -2.34. The summed E-state index contributed by atoms with van der Waals surface area (Å²) < 4.78 is 5.52. The van der Waals surface area contributed by atoms with Gasteiger partial charge in [0, 0.05) is 36.4 Å². The number of hydrogen-bond donors (Lipinski definition) is 3. The molecule has 1 unspecified atom stereocenters. The Balaban J connectivity index is 1.65. The van der Waals surface area contributed by atoms with Gasteiger partial charge in [0.05, 0.1) is 5.02 Å². The number of benzene rings is 2. The summed E-state index contributed by atoms with van der Waals surface area (Å²) in [5.41, 5.74) is 3.63. The number of anilines is 1. The molecule has 0 saturated carbocycles. The van der Waals surface area contributed by atoms with Gasteiger partial charge in [0.1, 0.15) is 18.5 Å². The molecule has 0 aliphatic heterocycles. The fraction of sp³-hybridized carbons (Fsp3) is 0.368. The predicted molar refractivity (Wildman–Crippen MR) is 105 cm³/mol. The smallest absolute Gasteiger partial charge is 0.139 e. The molecule has 6 heteroatoms. The van der Waals surface area contributed by atoms with Crippen molar-refractivity contribution in [3.8, 4) is 5.75 Å². The molecule has 2 aromatic carbocycles. The van der Waals surface area contributed by atoms with Crippen molar-refractivity contribution >= 4 is 28.9 Å². The highest BCUT2D eigenvalue weighted by molar-refractivity contribution is 6.34. The van der Waals surface area contributed by atoms with Gasteiger partial charge in [0.25, 0.3) is 0 Å². The molecule has 0 amide bonds. The summed E-state index contributed by atoms with van der Waals surface area (Å²) in [5, 5.41) is 17.6. The van der Waals surface area contributed by atoms with Crippen molar-refractivity contribution in [1.82, 2.24) is 5.32 Å². The molecule has 0 aliphatic rings. The van der Waals surface area contributed by atoms with E-state index in [4.69, 9.17) is 27.9 Å². The molecule has 0 fully saturated rings. The third-order valence-corrected chi connectivity index (χ3v) is 4.34. The highest BCUT2D eigenvalue weighted by Gasteiger charge is 2.08. The Hall–Kier alpha value is -1.46. The van der Waals surface area contributed by atoms with E-state index >= 15 is 0 Å². The second kappa shape index (κ2) is 9.88. The van der Waals surface area contributed by atoms with Crippen LogP contribution in [0.1, 0.15) is 11.1 Å². The van der Waals surface area contributed by atoms with Gasteiger partial charge in [-0.05, 0) is 37.1 Å². The number of para-hydroxylation sites is 1. The zero-order valence-corrected chi connectivity index (χ0v) is 16.0. The van der Waals surface area contributed by atoms with Crippen molar-refractivity contribution in [2.24, 2.45) is 0 Å². The molecule has 1 atom stereocenters. The van der Waals surface area contributed by atoms with Gasteiger partial charge < -0.3 is 20.5 Å². The summed E-state index contributed by atoms with van der Waals surface area (Å²) in [4.78, 5) is 0. The van der Waals surface area contributed by atoms with Crippen molar-refractivity contribution in [2.75, 3.05) is 31.6 Å². The number of hydrogen-bond acceptors (Lipinski definition) is 4. The molecule has 0 aliphatic carbocycles. The van der Waals surface area contributed by atoms with E-state index in [2.05, 4.69) is 42.7 Å². The number of nitrogens with one attached hydrogen (secondary N) is 2. The van der Waals surface area contributed by atoms with Crippen LogP contribution in [0.15, 0.2) is 36.4 Å². The van der Waals surface area contributed by atoms with Gasteiger partial charge in [0.2, 0.25) is 0 Å². The molecule has 0 aromatic heterocycles. The van der Waals surface area contributed by atoms with E-state index in [1.54, 1.807) is 18.2 Å². The highest BCUT2D eigenvalue weighted by Crippen LogP contribution is 2.27. The van der Waals surface area contributed by atoms with Gasteiger partial charge in [-0.25, -0.2) is 0 Å². The molecule has 2 rings (SSSR count). The average Bonchev–Trinajstić information content (AvgIpc) is 2.57. The van der Waals surface area contributed by atoms with Gasteiger partial charge in [0.15, 0.2) is 0 Å². The first kappa shape index (κ1) is 19.9. The minimum absolute atomic E-state index is 0.150. The van der Waals surface area contributed by atoms with Crippen molar-refractivity contribution in [3.63, 3.8) is 0 Å². The molecular formula is C19H24Cl2N2O2. The van der Waals surface area contributed by atoms with Crippen LogP contribution in [-0.4, -0.2) is 37.5 Å². The number of ether oxygens (including phenoxy) is 1. The average molecular weight is 383 g/mol. The van der Waals surface area contributed by atoms with Gasteiger partial charge in [-0.2, -0.15) is 0 Å². The monoisotopic (exact) mass is 382 g/mol. The Kier molecular flexibility index (Phi) is 7.85. The van der Waals surface area contributed by atoms with E-state index in [9.17, 15) is 5.11 Å². The van der Waals surface area contributed by atoms with Crippen molar-refractivity contribution in [1.29, 1.82) is 0 Å². The third kappa shape index (κ3) is 6.40. The molecular weight excluding hydrogens is 359 g/mol. The Bertz CT molecular complexity index is 675. The van der Waals surface area contributed by atoms with Gasteiger partial charge in [-0.3, -0.25) is 0 Å². The van der Waals surface area contributed by atoms with Crippen LogP contribution in [0.25, 0.3) is 0 Å². The Morgan fingerprint density at radius 3 is 2.52 bits per heavy atom. The lowest BCUT2D eigenvalue weighted by atomic mass is 10.1. The number of aliphatic hydroxyl groups excluding tert-OH is 1. The summed E-state index contributed by atoms with van der Waals surface area (Å²) in [5.74, 6) is 0.477. The largest absolute Gasteiger partial charge is 0.489 e. The molecule has 0 radical (unpaired) electrons. The van der Waals surface area contributed by atoms with E-state index in [-0.39, 0.29) is 6.61 Å². The molecule has 0 spiro atoms. The first-order chi connectivity index (χ1) is 12.0. The summed E-state index contributed by atoms with van der Waals surface area (Å²) in [6.07, 6.45) is -0.629. The van der Waals surface area contributed by atoms with Crippen LogP contribution in [0.4, 0.5) is 5.69 Å². The maximum absolute atomic E-state index is 9.99. The summed E-state index contributed by atoms with van der Waals surface area (Å²) >= 11 is 11.9. The topological polar surface area (TPSA) is 53.5 Å². The van der Waals surface area contributed by atoms with Crippen LogP contribution in [0.3, 0.4) is 0 Å². The van der Waals surface area contributed by atoms with Crippen molar-refractivity contribution < 1.29 is 9.84 Å². The Morgan fingerprint density at radius 2 is 1.80 bits per heavy atom. The van der Waals surface area contributed by atoms with E-state index in [1.165, 1.54) is 16.8 Å². The van der Waals surface area contributed by atoms with Crippen LogP contribution in [-0.2, 0) is 0 Å². The predicted octanol–water partition coefficient (Wildman–Crippen LogP) is 4.05. The second-order valence-corrected chi connectivity index (χ2v) is 6.78. The lowest BCUT2D eigenvalue weighted by molar-refractivity contribution is 0.107. The number of halogens is 2. The fourth-order valence-electron chi connectivity index (χ4n) is 2.47. The highest BCUT2D eigenvalue weighted by atomic mass is 35.5. The fourth-order valence-corrected chi connectivity index (χ4v) is 2.80. The van der Waals surface area contributed by atoms with Crippen LogP contribution >= 0.6 is 23.2 Å². The zero-order chi connectivity index (χ0) is 18.2. The summed E-state index contributed by atoms with van der Waals surface area (Å²) in [6.45, 7) is 6.28. The molecule has 0 bridgehead atoms. The van der Waals surface area contributed by atoms with Crippen LogP contribution in [0.2, 0.25) is 10.0 Å². The normalized spacial score (nSPS) is 12.0. The standard InChI is InChI=1S/C19H24Cl2N2O2/c1-13-4-3-5-14(2)19(13)23-9-8-22-11-16(24)12-25-18-10-15(20)6-7-17(18)21/h3-7,10,16,22-24H,8-9,11-12H2,1-2H3. The summed E-state index contributed by atoms with van der Waals surface area (Å²) in [6, 6.07) is 11.2. The number of rotatable bonds is 9. The molecule has 4 nitrogen and oxygen atoms in total. The first-order valence-electron chi connectivity index (χ1n) is 8.24. The van der Waals surface area contributed by atoms with E-state index in [1.807, 2.05) is 0 Å². The molecule has 0 saturated heterocycles. The van der Waals surface area contributed by atoms with Crippen LogP contribution in [0, 0.1) is 13.8 Å². The molecule has 0 heterocycles. The van der Waals surface area contributed by atoms with Crippen LogP contribution < -0.4 is 15.4 Å². The number of aryl methyl sites for hydroxylation is 2. The first-order valence-corrected chi connectivity index (χ1v) is 8.99.